The van der Waals surface area contributed by atoms with E-state index in [0.717, 1.165) is 0 Å². The summed E-state index contributed by atoms with van der Waals surface area (Å²) in [5.41, 5.74) is -0.862. The molecule has 0 saturated heterocycles. The molecule has 1 aliphatic rings. The van der Waals surface area contributed by atoms with Crippen LogP contribution in [0.3, 0.4) is 0 Å². The molecular formula is C15H18O4. The summed E-state index contributed by atoms with van der Waals surface area (Å²) < 4.78 is 0. The van der Waals surface area contributed by atoms with Crippen molar-refractivity contribution < 1.29 is 20.1 Å². The van der Waals surface area contributed by atoms with Crippen molar-refractivity contribution >= 4 is 5.97 Å². The third kappa shape index (κ3) is 2.85. The molecule has 0 aliphatic heterocycles. The van der Waals surface area contributed by atoms with Gasteiger partial charge in [-0.15, -0.1) is 0 Å². The quantitative estimate of drug-likeness (QED) is 0.721. The van der Waals surface area contributed by atoms with Gasteiger partial charge in [-0.1, -0.05) is 42.5 Å². The second-order valence-corrected chi connectivity index (χ2v) is 4.99. The van der Waals surface area contributed by atoms with Crippen LogP contribution in [0.1, 0.15) is 30.7 Å². The second-order valence-electron chi connectivity index (χ2n) is 4.99. The largest absolute Gasteiger partial charge is 0.481 e. The predicted octanol–water partition coefficient (Wildman–Crippen LogP) is 1.69. The van der Waals surface area contributed by atoms with Gasteiger partial charge in [0.25, 0.3) is 0 Å². The van der Waals surface area contributed by atoms with Crippen molar-refractivity contribution in [3.8, 4) is 0 Å². The monoisotopic (exact) mass is 262 g/mol. The molecule has 0 fully saturated rings. The molecule has 0 heterocycles. The van der Waals surface area contributed by atoms with Gasteiger partial charge in [0.2, 0.25) is 0 Å². The fourth-order valence-electron chi connectivity index (χ4n) is 2.54. The van der Waals surface area contributed by atoms with Crippen molar-refractivity contribution in [2.24, 2.45) is 0 Å². The average Bonchev–Trinajstić information content (AvgIpc) is 2.40. The number of carbonyl (C=O) groups is 1. The molecular weight excluding hydrogens is 244 g/mol. The molecule has 3 N–H and O–H groups in total. The summed E-state index contributed by atoms with van der Waals surface area (Å²) >= 11 is 0. The van der Waals surface area contributed by atoms with Crippen molar-refractivity contribution in [3.05, 3.63) is 48.0 Å². The first kappa shape index (κ1) is 13.8. The Hall–Kier alpha value is -1.65. The molecule has 1 aromatic carbocycles. The van der Waals surface area contributed by atoms with Crippen molar-refractivity contribution in [1.82, 2.24) is 0 Å². The van der Waals surface area contributed by atoms with E-state index >= 15 is 0 Å². The zero-order valence-electron chi connectivity index (χ0n) is 10.6. The van der Waals surface area contributed by atoms with Crippen molar-refractivity contribution in [2.75, 3.05) is 0 Å². The van der Waals surface area contributed by atoms with E-state index in [9.17, 15) is 20.1 Å². The number of aliphatic hydroxyl groups is 2. The molecule has 0 radical (unpaired) electrons. The first-order chi connectivity index (χ1) is 9.04. The highest BCUT2D eigenvalue weighted by atomic mass is 16.4. The van der Waals surface area contributed by atoms with Crippen molar-refractivity contribution in [2.45, 2.75) is 36.9 Å². The maximum absolute atomic E-state index is 11.4. The molecule has 4 nitrogen and oxygen atoms in total. The Balaban J connectivity index is 2.29. The fourth-order valence-corrected chi connectivity index (χ4v) is 2.54. The molecule has 19 heavy (non-hydrogen) atoms. The zero-order chi connectivity index (χ0) is 13.9. The Labute approximate surface area is 112 Å². The summed E-state index contributed by atoms with van der Waals surface area (Å²) in [5, 5.41) is 30.2. The predicted molar refractivity (Wildman–Crippen MR) is 70.8 cm³/mol. The first-order valence-electron chi connectivity index (χ1n) is 6.38. The van der Waals surface area contributed by atoms with Crippen LogP contribution in [0.25, 0.3) is 0 Å². The molecule has 0 spiro atoms. The topological polar surface area (TPSA) is 77.8 Å². The minimum atomic E-state index is -1.37. The summed E-state index contributed by atoms with van der Waals surface area (Å²) in [6.45, 7) is 0. The highest BCUT2D eigenvalue weighted by Crippen LogP contribution is 2.34. The Morgan fingerprint density at radius 3 is 2.42 bits per heavy atom. The summed E-state index contributed by atoms with van der Waals surface area (Å²) in [6.07, 6.45) is 3.70. The highest BCUT2D eigenvalue weighted by molar-refractivity contribution is 5.77. The number of aliphatic carboxylic acids is 1. The van der Waals surface area contributed by atoms with E-state index in [1.807, 2.05) is 6.08 Å². The summed E-state index contributed by atoms with van der Waals surface area (Å²) in [5.74, 6) is -2.24. The van der Waals surface area contributed by atoms with Crippen LogP contribution in [0, 0.1) is 0 Å². The van der Waals surface area contributed by atoms with E-state index < -0.39 is 23.6 Å². The number of allylic oxidation sites excluding steroid dienone is 1. The van der Waals surface area contributed by atoms with Gasteiger partial charge < -0.3 is 15.3 Å². The lowest BCUT2D eigenvalue weighted by Crippen LogP contribution is -2.48. The van der Waals surface area contributed by atoms with Crippen LogP contribution in [0.15, 0.2) is 42.5 Å². The van der Waals surface area contributed by atoms with Crippen LogP contribution in [-0.2, 0) is 4.79 Å². The van der Waals surface area contributed by atoms with Crippen LogP contribution in [0.2, 0.25) is 0 Å². The molecule has 102 valence electrons. The minimum absolute atomic E-state index is 0.283. The number of rotatable bonds is 4. The summed E-state index contributed by atoms with van der Waals surface area (Å²) in [7, 11) is 0. The number of hydrogen-bond acceptors (Lipinski definition) is 3. The smallest absolute Gasteiger partial charge is 0.313 e. The summed E-state index contributed by atoms with van der Waals surface area (Å²) in [6, 6.07) is 8.55. The average molecular weight is 262 g/mol. The van der Waals surface area contributed by atoms with Gasteiger partial charge in [-0.05, 0) is 24.8 Å². The standard InChI is InChI=1S/C15H18O4/c16-13(15(19)9-5-2-6-10-15)12(14(17)18)11-7-3-1-4-8-11/h1-5,7-8,12-13,16,19H,6,9-10H2,(H,17,18)/t12-,13+,15+/m0/s1. The van der Waals surface area contributed by atoms with E-state index in [1.165, 1.54) is 0 Å². The molecule has 0 aromatic heterocycles. The van der Waals surface area contributed by atoms with Crippen LogP contribution in [0.4, 0.5) is 0 Å². The Morgan fingerprint density at radius 2 is 1.89 bits per heavy atom. The maximum Gasteiger partial charge on any atom is 0.313 e. The van der Waals surface area contributed by atoms with Crippen LogP contribution >= 0.6 is 0 Å². The number of carboxylic acid groups (broad SMARTS) is 1. The molecule has 0 unspecified atom stereocenters. The van der Waals surface area contributed by atoms with Gasteiger partial charge in [0.05, 0.1) is 5.60 Å². The molecule has 4 heteroatoms. The van der Waals surface area contributed by atoms with Gasteiger partial charge in [0.1, 0.15) is 12.0 Å². The van der Waals surface area contributed by atoms with Gasteiger partial charge in [0.15, 0.2) is 0 Å². The second kappa shape index (κ2) is 5.55. The van der Waals surface area contributed by atoms with E-state index in [4.69, 9.17) is 0 Å². The Bertz CT molecular complexity index is 468. The third-order valence-electron chi connectivity index (χ3n) is 3.67. The van der Waals surface area contributed by atoms with Crippen LogP contribution < -0.4 is 0 Å². The van der Waals surface area contributed by atoms with Gasteiger partial charge in [-0.2, -0.15) is 0 Å². The maximum atomic E-state index is 11.4. The van der Waals surface area contributed by atoms with E-state index in [2.05, 4.69) is 0 Å². The van der Waals surface area contributed by atoms with Crippen LogP contribution in [0.5, 0.6) is 0 Å². The highest BCUT2D eigenvalue weighted by Gasteiger charge is 2.43. The Morgan fingerprint density at radius 1 is 1.21 bits per heavy atom. The number of aliphatic hydroxyl groups excluding tert-OH is 1. The van der Waals surface area contributed by atoms with Gasteiger partial charge in [-0.3, -0.25) is 4.79 Å². The van der Waals surface area contributed by atoms with E-state index in [0.29, 0.717) is 18.4 Å². The zero-order valence-corrected chi connectivity index (χ0v) is 10.6. The lowest BCUT2D eigenvalue weighted by Gasteiger charge is -2.37. The molecule has 1 aliphatic carbocycles. The minimum Gasteiger partial charge on any atom is -0.481 e. The van der Waals surface area contributed by atoms with Crippen molar-refractivity contribution in [1.29, 1.82) is 0 Å². The third-order valence-corrected chi connectivity index (χ3v) is 3.67. The Kier molecular flexibility index (Phi) is 4.02. The van der Waals surface area contributed by atoms with E-state index in [1.54, 1.807) is 36.4 Å². The van der Waals surface area contributed by atoms with Gasteiger partial charge in [0, 0.05) is 0 Å². The molecule has 0 bridgehead atoms. The van der Waals surface area contributed by atoms with Gasteiger partial charge >= 0.3 is 5.97 Å². The summed E-state index contributed by atoms with van der Waals surface area (Å²) in [4.78, 5) is 11.4. The first-order valence-corrected chi connectivity index (χ1v) is 6.38. The molecule has 2 rings (SSSR count). The van der Waals surface area contributed by atoms with Crippen molar-refractivity contribution in [3.63, 3.8) is 0 Å². The van der Waals surface area contributed by atoms with E-state index in [-0.39, 0.29) is 6.42 Å². The molecule has 1 aromatic rings. The molecule has 3 atom stereocenters. The number of hydrogen-bond donors (Lipinski definition) is 3. The molecule has 0 amide bonds. The fraction of sp³-hybridized carbons (Fsp3) is 0.400. The van der Waals surface area contributed by atoms with Crippen LogP contribution in [-0.4, -0.2) is 33.0 Å². The molecule has 0 saturated carbocycles. The lowest BCUT2D eigenvalue weighted by atomic mass is 9.76. The SMILES string of the molecule is O=C(O)[C@@H](c1ccccc1)[C@@H](O)[C@@]1(O)CC=CCC1. The number of benzene rings is 1. The number of carboxylic acids is 1. The normalized spacial score (nSPS) is 25.8. The van der Waals surface area contributed by atoms with Gasteiger partial charge in [-0.25, -0.2) is 0 Å². The lowest BCUT2D eigenvalue weighted by molar-refractivity contribution is -0.150.